The summed E-state index contributed by atoms with van der Waals surface area (Å²) in [6.45, 7) is 0. The summed E-state index contributed by atoms with van der Waals surface area (Å²) in [6, 6.07) is 15.5. The lowest BCUT2D eigenvalue weighted by Crippen LogP contribution is -2.34. The summed E-state index contributed by atoms with van der Waals surface area (Å²) in [6.07, 6.45) is 2.25. The quantitative estimate of drug-likeness (QED) is 0.844. The van der Waals surface area contributed by atoms with Crippen molar-refractivity contribution in [3.8, 4) is 0 Å². The Balaban J connectivity index is 1.58. The average molecular weight is 320 g/mol. The number of rotatable bonds is 3. The largest absolute Gasteiger partial charge is 0.382 e. The van der Waals surface area contributed by atoms with Gasteiger partial charge in [-0.3, -0.25) is 0 Å². The van der Waals surface area contributed by atoms with Crippen LogP contribution in [0.3, 0.4) is 0 Å². The van der Waals surface area contributed by atoms with Gasteiger partial charge in [0.2, 0.25) is 0 Å². The Bertz CT molecular complexity index is 561. The number of anilines is 1. The van der Waals surface area contributed by atoms with Crippen LogP contribution in [0.1, 0.15) is 24.3 Å². The summed E-state index contributed by atoms with van der Waals surface area (Å²) in [5.41, 5.74) is 2.39. The predicted molar refractivity (Wildman–Crippen MR) is 79.9 cm³/mol. The fourth-order valence-corrected chi connectivity index (χ4v) is 3.19. The highest BCUT2D eigenvalue weighted by atomic mass is 79.9. The highest BCUT2D eigenvalue weighted by Crippen LogP contribution is 2.41. The lowest BCUT2D eigenvalue weighted by atomic mass is 9.76. The van der Waals surface area contributed by atoms with Gasteiger partial charge in [-0.15, -0.1) is 0 Å². The van der Waals surface area contributed by atoms with Crippen LogP contribution in [-0.4, -0.2) is 6.04 Å². The van der Waals surface area contributed by atoms with Gasteiger partial charge in [0, 0.05) is 16.2 Å². The predicted octanol–water partition coefficient (Wildman–Crippen LogP) is 4.95. The van der Waals surface area contributed by atoms with E-state index >= 15 is 0 Å². The molecule has 3 rings (SSSR count). The molecule has 0 unspecified atom stereocenters. The molecular weight excluding hydrogens is 305 g/mol. The Morgan fingerprint density at radius 1 is 1.00 bits per heavy atom. The van der Waals surface area contributed by atoms with E-state index in [1.165, 1.54) is 22.2 Å². The Morgan fingerprint density at radius 3 is 2.37 bits per heavy atom. The van der Waals surface area contributed by atoms with Crippen molar-refractivity contribution < 1.29 is 4.39 Å². The van der Waals surface area contributed by atoms with Gasteiger partial charge >= 0.3 is 0 Å². The van der Waals surface area contributed by atoms with Crippen LogP contribution >= 0.6 is 15.9 Å². The van der Waals surface area contributed by atoms with E-state index in [4.69, 9.17) is 0 Å². The lowest BCUT2D eigenvalue weighted by molar-refractivity contribution is 0.373. The average Bonchev–Trinajstić information content (AvgIpc) is 2.37. The van der Waals surface area contributed by atoms with Crippen molar-refractivity contribution >= 4 is 21.6 Å². The molecule has 1 N–H and O–H groups in total. The zero-order chi connectivity index (χ0) is 13.2. The van der Waals surface area contributed by atoms with Gasteiger partial charge in [0.1, 0.15) is 5.82 Å². The van der Waals surface area contributed by atoms with Gasteiger partial charge in [0.25, 0.3) is 0 Å². The minimum Gasteiger partial charge on any atom is -0.382 e. The van der Waals surface area contributed by atoms with Crippen molar-refractivity contribution in [3.63, 3.8) is 0 Å². The molecule has 0 aromatic heterocycles. The van der Waals surface area contributed by atoms with Crippen molar-refractivity contribution in [1.82, 2.24) is 0 Å². The summed E-state index contributed by atoms with van der Waals surface area (Å²) in [4.78, 5) is 0. The SMILES string of the molecule is Fc1ccc(NC2CC(c3ccccc3Br)C2)cc1. The molecule has 0 radical (unpaired) electrons. The Morgan fingerprint density at radius 2 is 1.68 bits per heavy atom. The first-order valence-electron chi connectivity index (χ1n) is 6.49. The van der Waals surface area contributed by atoms with E-state index in [0.717, 1.165) is 18.5 Å². The molecule has 0 aliphatic heterocycles. The fraction of sp³-hybridized carbons (Fsp3) is 0.250. The van der Waals surface area contributed by atoms with E-state index in [2.05, 4.69) is 39.4 Å². The fourth-order valence-electron chi connectivity index (χ4n) is 2.58. The lowest BCUT2D eigenvalue weighted by Gasteiger charge is -2.37. The number of hydrogen-bond acceptors (Lipinski definition) is 1. The van der Waals surface area contributed by atoms with E-state index in [1.54, 1.807) is 12.1 Å². The molecule has 98 valence electrons. The standard InChI is InChI=1S/C16H15BrFN/c17-16-4-2-1-3-15(16)11-9-14(10-11)19-13-7-5-12(18)6-8-13/h1-8,11,14,19H,9-10H2. The van der Waals surface area contributed by atoms with E-state index in [-0.39, 0.29) is 5.82 Å². The number of benzene rings is 2. The molecule has 0 heterocycles. The molecule has 1 aliphatic carbocycles. The summed E-state index contributed by atoms with van der Waals surface area (Å²) in [5, 5.41) is 3.44. The number of halogens is 2. The van der Waals surface area contributed by atoms with Crippen molar-refractivity contribution in [2.75, 3.05) is 5.32 Å². The third kappa shape index (κ3) is 2.81. The molecule has 0 saturated heterocycles. The first-order valence-corrected chi connectivity index (χ1v) is 7.28. The van der Waals surface area contributed by atoms with Crippen LogP contribution in [0.15, 0.2) is 53.0 Å². The molecule has 1 saturated carbocycles. The Kier molecular flexibility index (Phi) is 3.56. The summed E-state index contributed by atoms with van der Waals surface area (Å²) >= 11 is 3.60. The molecule has 2 aromatic carbocycles. The minimum absolute atomic E-state index is 0.190. The van der Waals surface area contributed by atoms with Gasteiger partial charge < -0.3 is 5.32 Å². The van der Waals surface area contributed by atoms with E-state index in [0.29, 0.717) is 12.0 Å². The molecule has 0 atom stereocenters. The monoisotopic (exact) mass is 319 g/mol. The van der Waals surface area contributed by atoms with E-state index < -0.39 is 0 Å². The summed E-state index contributed by atoms with van der Waals surface area (Å²) < 4.78 is 14.0. The van der Waals surface area contributed by atoms with Crippen molar-refractivity contribution in [2.45, 2.75) is 24.8 Å². The van der Waals surface area contributed by atoms with Gasteiger partial charge in [-0.1, -0.05) is 34.1 Å². The Labute approximate surface area is 121 Å². The molecule has 0 spiro atoms. The first-order chi connectivity index (χ1) is 9.22. The third-order valence-electron chi connectivity index (χ3n) is 3.70. The van der Waals surface area contributed by atoms with Gasteiger partial charge in [-0.2, -0.15) is 0 Å². The van der Waals surface area contributed by atoms with E-state index in [9.17, 15) is 4.39 Å². The summed E-state index contributed by atoms with van der Waals surface area (Å²) in [5.74, 6) is 0.429. The normalized spacial score (nSPS) is 21.8. The van der Waals surface area contributed by atoms with Crippen LogP contribution in [0.4, 0.5) is 10.1 Å². The number of hydrogen-bond donors (Lipinski definition) is 1. The molecule has 2 aromatic rings. The highest BCUT2D eigenvalue weighted by Gasteiger charge is 2.31. The van der Waals surface area contributed by atoms with Crippen molar-refractivity contribution in [2.24, 2.45) is 0 Å². The van der Waals surface area contributed by atoms with Crippen LogP contribution in [0.5, 0.6) is 0 Å². The van der Waals surface area contributed by atoms with Crippen LogP contribution in [0.25, 0.3) is 0 Å². The molecule has 1 nitrogen and oxygen atoms in total. The van der Waals surface area contributed by atoms with Gasteiger partial charge in [0.15, 0.2) is 0 Å². The maximum atomic E-state index is 12.8. The van der Waals surface area contributed by atoms with Gasteiger partial charge in [-0.25, -0.2) is 4.39 Å². The molecule has 3 heteroatoms. The molecular formula is C16H15BrFN. The topological polar surface area (TPSA) is 12.0 Å². The van der Waals surface area contributed by atoms with Gasteiger partial charge in [0.05, 0.1) is 0 Å². The molecule has 0 bridgehead atoms. The molecule has 0 amide bonds. The zero-order valence-corrected chi connectivity index (χ0v) is 12.0. The van der Waals surface area contributed by atoms with Crippen molar-refractivity contribution in [1.29, 1.82) is 0 Å². The maximum Gasteiger partial charge on any atom is 0.123 e. The molecule has 1 aliphatic rings. The Hall–Kier alpha value is -1.35. The zero-order valence-electron chi connectivity index (χ0n) is 10.4. The maximum absolute atomic E-state index is 12.8. The molecule has 19 heavy (non-hydrogen) atoms. The second-order valence-corrected chi connectivity index (χ2v) is 5.89. The second kappa shape index (κ2) is 5.33. The highest BCUT2D eigenvalue weighted by molar-refractivity contribution is 9.10. The van der Waals surface area contributed by atoms with Crippen LogP contribution in [0.2, 0.25) is 0 Å². The minimum atomic E-state index is -0.190. The van der Waals surface area contributed by atoms with Crippen LogP contribution in [-0.2, 0) is 0 Å². The number of nitrogens with one attached hydrogen (secondary N) is 1. The van der Waals surface area contributed by atoms with Gasteiger partial charge in [-0.05, 0) is 54.7 Å². The summed E-state index contributed by atoms with van der Waals surface area (Å²) in [7, 11) is 0. The van der Waals surface area contributed by atoms with Crippen molar-refractivity contribution in [3.05, 3.63) is 64.4 Å². The van der Waals surface area contributed by atoms with Crippen LogP contribution < -0.4 is 5.32 Å². The third-order valence-corrected chi connectivity index (χ3v) is 4.42. The van der Waals surface area contributed by atoms with Crippen LogP contribution in [0, 0.1) is 5.82 Å². The molecule has 1 fully saturated rings. The second-order valence-electron chi connectivity index (χ2n) is 5.04. The first kappa shape index (κ1) is 12.7. The van der Waals surface area contributed by atoms with E-state index in [1.807, 2.05) is 6.07 Å². The smallest absolute Gasteiger partial charge is 0.123 e.